The van der Waals surface area contributed by atoms with Gasteiger partial charge in [0.05, 0.1) is 46.4 Å². The summed E-state index contributed by atoms with van der Waals surface area (Å²) in [5, 5.41) is 6.97. The van der Waals surface area contributed by atoms with E-state index in [-0.39, 0.29) is 0 Å². The molecule has 208 valence electrons. The minimum absolute atomic E-state index is 0.756. The molecule has 3 aromatic carbocycles. The van der Waals surface area contributed by atoms with Gasteiger partial charge in [0.25, 0.3) is 0 Å². The largest absolute Gasteiger partial charge is 0.385 e. The Bertz CT molecular complexity index is 2360. The molecule has 0 aliphatic carbocycles. The molecular weight excluding hydrogens is 540 g/mol. The van der Waals surface area contributed by atoms with Crippen molar-refractivity contribution < 1.29 is 0 Å². The van der Waals surface area contributed by atoms with Crippen molar-refractivity contribution in [3.8, 4) is 34.2 Å². The van der Waals surface area contributed by atoms with Gasteiger partial charge in [-0.15, -0.1) is 0 Å². The van der Waals surface area contributed by atoms with E-state index in [0.717, 1.165) is 57.2 Å². The van der Waals surface area contributed by atoms with E-state index < -0.39 is 0 Å². The molecule has 9 rings (SSSR count). The fourth-order valence-corrected chi connectivity index (χ4v) is 6.56. The van der Waals surface area contributed by atoms with Gasteiger partial charge in [-0.25, -0.2) is 9.97 Å². The maximum absolute atomic E-state index is 5.18. The highest BCUT2D eigenvalue weighted by Gasteiger charge is 2.19. The Morgan fingerprint density at radius 2 is 1.20 bits per heavy atom. The zero-order valence-corrected chi connectivity index (χ0v) is 23.7. The normalized spacial score (nSPS) is 12.5. The molecule has 44 heavy (non-hydrogen) atoms. The molecule has 1 aliphatic rings. The molecule has 8 aromatic rings. The molecule has 6 nitrogen and oxygen atoms in total. The first-order chi connectivity index (χ1) is 21.8. The highest BCUT2D eigenvalue weighted by Crippen LogP contribution is 2.34. The van der Waals surface area contributed by atoms with E-state index in [0.29, 0.717) is 0 Å². The molecule has 0 saturated heterocycles. The van der Waals surface area contributed by atoms with Crippen LogP contribution in [0.3, 0.4) is 0 Å². The summed E-state index contributed by atoms with van der Waals surface area (Å²) in [6, 6.07) is 40.0. The second-order valence-electron chi connectivity index (χ2n) is 11.0. The topological polar surface area (TPSA) is 60.6 Å². The number of aromatic nitrogens is 5. The van der Waals surface area contributed by atoms with Crippen LogP contribution in [0.1, 0.15) is 11.3 Å². The Morgan fingerprint density at radius 3 is 1.98 bits per heavy atom. The third-order valence-electron chi connectivity index (χ3n) is 8.51. The summed E-state index contributed by atoms with van der Waals surface area (Å²) in [6.45, 7) is 0.756. The van der Waals surface area contributed by atoms with Gasteiger partial charge in [-0.3, -0.25) is 14.1 Å². The SMILES string of the molecule is C1=Cc2c(n(-c3cccc(-c4cccc(-c5cccc(-n6c7ccccc7c7ccncc76)n5)c4)n3)c3ccccc23)CN1. The Labute approximate surface area is 253 Å². The van der Waals surface area contributed by atoms with Crippen LogP contribution in [0, 0.1) is 0 Å². The summed E-state index contributed by atoms with van der Waals surface area (Å²) in [6.07, 6.45) is 7.94. The van der Waals surface area contributed by atoms with Crippen LogP contribution in [0.2, 0.25) is 0 Å². The fraction of sp³-hybridized carbons (Fsp3) is 0.0263. The molecule has 0 bridgehead atoms. The van der Waals surface area contributed by atoms with Gasteiger partial charge < -0.3 is 5.32 Å². The van der Waals surface area contributed by atoms with E-state index in [9.17, 15) is 0 Å². The lowest BCUT2D eigenvalue weighted by Crippen LogP contribution is -2.14. The number of nitrogens with zero attached hydrogens (tertiary/aromatic N) is 5. The standard InChI is InChI=1S/C38H26N6/c1-3-14-33-27(10-1)29-18-20-39-23-35(29)43(33)37-16-6-12-31(41-37)25-8-5-9-26(22-25)32-13-7-17-38(42-32)44-34-15-4-2-11-28(34)30-19-21-40-24-36(30)44/h1-23,40H,24H2. The van der Waals surface area contributed by atoms with Crippen molar-refractivity contribution >= 4 is 38.8 Å². The van der Waals surface area contributed by atoms with Crippen molar-refractivity contribution in [3.05, 3.63) is 145 Å². The van der Waals surface area contributed by atoms with Crippen molar-refractivity contribution in [2.24, 2.45) is 0 Å². The highest BCUT2D eigenvalue weighted by atomic mass is 15.1. The predicted octanol–water partition coefficient (Wildman–Crippen LogP) is 8.32. The van der Waals surface area contributed by atoms with E-state index in [1.807, 2.05) is 18.6 Å². The van der Waals surface area contributed by atoms with Crippen LogP contribution in [-0.4, -0.2) is 24.1 Å². The van der Waals surface area contributed by atoms with E-state index in [1.54, 1.807) is 0 Å². The number of hydrogen-bond acceptors (Lipinski definition) is 4. The van der Waals surface area contributed by atoms with Gasteiger partial charge in [-0.2, -0.15) is 0 Å². The van der Waals surface area contributed by atoms with Crippen molar-refractivity contribution in [3.63, 3.8) is 0 Å². The minimum Gasteiger partial charge on any atom is -0.385 e. The van der Waals surface area contributed by atoms with Crippen LogP contribution in [0.5, 0.6) is 0 Å². The quantitative estimate of drug-likeness (QED) is 0.233. The summed E-state index contributed by atoms with van der Waals surface area (Å²) >= 11 is 0. The summed E-state index contributed by atoms with van der Waals surface area (Å²) in [5.41, 5.74) is 9.67. The van der Waals surface area contributed by atoms with Crippen LogP contribution in [0.25, 0.3) is 72.9 Å². The molecule has 0 amide bonds. The number of pyridine rings is 3. The number of fused-ring (bicyclic) bond motifs is 6. The Kier molecular flexibility index (Phi) is 5.46. The van der Waals surface area contributed by atoms with Crippen LogP contribution in [0.15, 0.2) is 134 Å². The average Bonchev–Trinajstić information content (AvgIpc) is 3.62. The zero-order chi connectivity index (χ0) is 29.0. The third-order valence-corrected chi connectivity index (χ3v) is 8.51. The van der Waals surface area contributed by atoms with Gasteiger partial charge in [0.2, 0.25) is 0 Å². The van der Waals surface area contributed by atoms with Crippen LogP contribution in [0.4, 0.5) is 0 Å². The molecular formula is C38H26N6. The lowest BCUT2D eigenvalue weighted by Gasteiger charge is -2.14. The fourth-order valence-electron chi connectivity index (χ4n) is 6.56. The Morgan fingerprint density at radius 1 is 0.568 bits per heavy atom. The van der Waals surface area contributed by atoms with Gasteiger partial charge >= 0.3 is 0 Å². The number of nitrogens with one attached hydrogen (secondary N) is 1. The maximum atomic E-state index is 5.18. The summed E-state index contributed by atoms with van der Waals surface area (Å²) in [4.78, 5) is 14.8. The molecule has 0 fully saturated rings. The number of rotatable bonds is 4. The first-order valence-corrected chi connectivity index (χ1v) is 14.7. The van der Waals surface area contributed by atoms with Crippen molar-refractivity contribution in [1.29, 1.82) is 0 Å². The van der Waals surface area contributed by atoms with Gasteiger partial charge in [-0.05, 0) is 60.8 Å². The third kappa shape index (κ3) is 3.78. The molecule has 0 unspecified atom stereocenters. The molecule has 0 atom stereocenters. The maximum Gasteiger partial charge on any atom is 0.138 e. The van der Waals surface area contributed by atoms with Crippen LogP contribution >= 0.6 is 0 Å². The molecule has 1 aliphatic heterocycles. The van der Waals surface area contributed by atoms with E-state index in [1.165, 1.54) is 27.4 Å². The van der Waals surface area contributed by atoms with Crippen LogP contribution in [-0.2, 0) is 6.54 Å². The van der Waals surface area contributed by atoms with Gasteiger partial charge in [0, 0.05) is 39.0 Å². The Balaban J connectivity index is 1.14. The van der Waals surface area contributed by atoms with Gasteiger partial charge in [-0.1, -0.05) is 66.7 Å². The van der Waals surface area contributed by atoms with Crippen molar-refractivity contribution in [1.82, 2.24) is 29.4 Å². The molecule has 0 radical (unpaired) electrons. The highest BCUT2D eigenvalue weighted by molar-refractivity contribution is 6.08. The summed E-state index contributed by atoms with van der Waals surface area (Å²) in [7, 11) is 0. The smallest absolute Gasteiger partial charge is 0.138 e. The molecule has 1 N–H and O–H groups in total. The number of benzene rings is 3. The van der Waals surface area contributed by atoms with Crippen molar-refractivity contribution in [2.45, 2.75) is 6.54 Å². The molecule has 0 saturated carbocycles. The first kappa shape index (κ1) is 24.6. The minimum atomic E-state index is 0.756. The average molecular weight is 567 g/mol. The summed E-state index contributed by atoms with van der Waals surface area (Å²) in [5.74, 6) is 1.77. The number of hydrogen-bond donors (Lipinski definition) is 1. The molecule has 6 heterocycles. The van der Waals surface area contributed by atoms with E-state index >= 15 is 0 Å². The lowest BCUT2D eigenvalue weighted by atomic mass is 10.0. The monoisotopic (exact) mass is 566 g/mol. The second kappa shape index (κ2) is 9.78. The predicted molar refractivity (Wildman–Crippen MR) is 178 cm³/mol. The zero-order valence-electron chi connectivity index (χ0n) is 23.7. The van der Waals surface area contributed by atoms with Gasteiger partial charge in [0.15, 0.2) is 0 Å². The molecule has 0 spiro atoms. The first-order valence-electron chi connectivity index (χ1n) is 14.7. The van der Waals surface area contributed by atoms with E-state index in [4.69, 9.17) is 9.97 Å². The summed E-state index contributed by atoms with van der Waals surface area (Å²) < 4.78 is 4.47. The molecule has 6 heteroatoms. The molecule has 5 aromatic heterocycles. The Hall–Kier alpha value is -6.01. The van der Waals surface area contributed by atoms with E-state index in [2.05, 4.69) is 141 Å². The number of para-hydroxylation sites is 2. The van der Waals surface area contributed by atoms with Crippen LogP contribution < -0.4 is 5.32 Å². The lowest BCUT2D eigenvalue weighted by molar-refractivity contribution is 0.795. The van der Waals surface area contributed by atoms with Gasteiger partial charge in [0.1, 0.15) is 11.6 Å². The van der Waals surface area contributed by atoms with Crippen molar-refractivity contribution in [2.75, 3.05) is 0 Å². The second-order valence-corrected chi connectivity index (χ2v) is 11.0.